The number of hydrogen-bond acceptors (Lipinski definition) is 4. The summed E-state index contributed by atoms with van der Waals surface area (Å²) in [5.41, 5.74) is 0. The van der Waals surface area contributed by atoms with Gasteiger partial charge in [-0.15, -0.1) is 11.3 Å². The number of likely N-dealkylation sites (tertiary alicyclic amines) is 1. The van der Waals surface area contributed by atoms with Crippen molar-refractivity contribution in [1.29, 1.82) is 0 Å². The Labute approximate surface area is 148 Å². The Kier molecular flexibility index (Phi) is 5.62. The zero-order valence-electron chi connectivity index (χ0n) is 14.2. The lowest BCUT2D eigenvalue weighted by atomic mass is 10.00. The van der Waals surface area contributed by atoms with Crippen molar-refractivity contribution in [3.05, 3.63) is 17.0 Å². The first-order chi connectivity index (χ1) is 11.5. The van der Waals surface area contributed by atoms with Crippen LogP contribution in [0.4, 0.5) is 0 Å². The van der Waals surface area contributed by atoms with Gasteiger partial charge in [0.2, 0.25) is 5.91 Å². The standard InChI is InChI=1S/C17H26N2O3S2/c1-14-6-5-9-18(13-14)16(20)12-15-7-8-17(23-15)24(21,22)19-10-3-2-4-11-19/h7-8,14H,2-6,9-13H2,1H3/t14-/m0/s1. The third-order valence-corrected chi connectivity index (χ3v) is 8.33. The fourth-order valence-corrected chi connectivity index (χ4v) is 6.52. The van der Waals surface area contributed by atoms with Crippen LogP contribution in [0.5, 0.6) is 0 Å². The van der Waals surface area contributed by atoms with Crippen LogP contribution < -0.4 is 0 Å². The number of piperidine rings is 2. The number of nitrogens with zero attached hydrogens (tertiary/aromatic N) is 2. The van der Waals surface area contributed by atoms with Crippen LogP contribution in [0, 0.1) is 5.92 Å². The highest BCUT2D eigenvalue weighted by Gasteiger charge is 2.28. The van der Waals surface area contributed by atoms with Crippen LogP contribution in [-0.2, 0) is 21.2 Å². The number of sulfonamides is 1. The van der Waals surface area contributed by atoms with Crippen LogP contribution >= 0.6 is 11.3 Å². The van der Waals surface area contributed by atoms with Crippen molar-refractivity contribution in [2.24, 2.45) is 5.92 Å². The minimum Gasteiger partial charge on any atom is -0.342 e. The van der Waals surface area contributed by atoms with E-state index in [1.54, 1.807) is 16.4 Å². The molecule has 0 saturated carbocycles. The largest absolute Gasteiger partial charge is 0.342 e. The molecule has 5 nitrogen and oxygen atoms in total. The summed E-state index contributed by atoms with van der Waals surface area (Å²) in [6, 6.07) is 3.46. The van der Waals surface area contributed by atoms with E-state index in [-0.39, 0.29) is 5.91 Å². The molecule has 2 fully saturated rings. The molecule has 7 heteroatoms. The Hall–Kier alpha value is -0.920. The van der Waals surface area contributed by atoms with Gasteiger partial charge >= 0.3 is 0 Å². The lowest BCUT2D eigenvalue weighted by Gasteiger charge is -2.30. The highest BCUT2D eigenvalue weighted by atomic mass is 32.2. The second kappa shape index (κ2) is 7.54. The van der Waals surface area contributed by atoms with Gasteiger partial charge in [-0.1, -0.05) is 13.3 Å². The monoisotopic (exact) mass is 370 g/mol. The Balaban J connectivity index is 1.65. The summed E-state index contributed by atoms with van der Waals surface area (Å²) >= 11 is 1.25. The molecule has 1 atom stereocenters. The summed E-state index contributed by atoms with van der Waals surface area (Å²) in [4.78, 5) is 15.2. The maximum atomic E-state index is 12.7. The van der Waals surface area contributed by atoms with Gasteiger partial charge in [0.15, 0.2) is 0 Å². The number of amides is 1. The molecule has 1 aromatic heterocycles. The normalized spacial score (nSPS) is 23.4. The molecule has 1 amide bonds. The van der Waals surface area contributed by atoms with Crippen molar-refractivity contribution in [3.63, 3.8) is 0 Å². The number of thiophene rings is 1. The van der Waals surface area contributed by atoms with Crippen molar-refractivity contribution >= 4 is 27.3 Å². The molecule has 0 aromatic carbocycles. The molecule has 24 heavy (non-hydrogen) atoms. The topological polar surface area (TPSA) is 57.7 Å². The average molecular weight is 371 g/mol. The van der Waals surface area contributed by atoms with E-state index in [4.69, 9.17) is 0 Å². The lowest BCUT2D eigenvalue weighted by Crippen LogP contribution is -2.39. The van der Waals surface area contributed by atoms with Gasteiger partial charge in [-0.25, -0.2) is 8.42 Å². The first-order valence-electron chi connectivity index (χ1n) is 8.83. The minimum atomic E-state index is -3.38. The van der Waals surface area contributed by atoms with Gasteiger partial charge in [-0.3, -0.25) is 4.79 Å². The second-order valence-corrected chi connectivity index (χ2v) is 10.3. The number of carbonyl (C=O) groups excluding carboxylic acids is 1. The maximum Gasteiger partial charge on any atom is 0.252 e. The molecule has 2 aliphatic heterocycles. The van der Waals surface area contributed by atoms with Gasteiger partial charge < -0.3 is 4.90 Å². The molecule has 3 rings (SSSR count). The first-order valence-corrected chi connectivity index (χ1v) is 11.1. The van der Waals surface area contributed by atoms with E-state index >= 15 is 0 Å². The molecule has 0 N–H and O–H groups in total. The first kappa shape index (κ1) is 17.9. The van der Waals surface area contributed by atoms with Crippen LogP contribution in [0.15, 0.2) is 16.3 Å². The van der Waals surface area contributed by atoms with E-state index in [2.05, 4.69) is 6.92 Å². The molecule has 0 spiro atoms. The summed E-state index contributed by atoms with van der Waals surface area (Å²) in [5.74, 6) is 0.673. The summed E-state index contributed by atoms with van der Waals surface area (Å²) in [7, 11) is -3.38. The smallest absolute Gasteiger partial charge is 0.252 e. The minimum absolute atomic E-state index is 0.116. The molecular weight excluding hydrogens is 344 g/mol. The molecule has 0 radical (unpaired) electrons. The zero-order valence-corrected chi connectivity index (χ0v) is 15.9. The molecule has 134 valence electrons. The van der Waals surface area contributed by atoms with E-state index in [0.29, 0.717) is 29.6 Å². The van der Waals surface area contributed by atoms with Gasteiger partial charge in [-0.05, 0) is 43.7 Å². The summed E-state index contributed by atoms with van der Waals surface area (Å²) in [6.07, 6.45) is 5.52. The van der Waals surface area contributed by atoms with Crippen LogP contribution in [0.3, 0.4) is 0 Å². The maximum absolute atomic E-state index is 12.7. The number of rotatable bonds is 4. The quantitative estimate of drug-likeness (QED) is 0.819. The summed E-state index contributed by atoms with van der Waals surface area (Å²) < 4.78 is 27.3. The Morgan fingerprint density at radius 2 is 1.92 bits per heavy atom. The molecule has 3 heterocycles. The predicted octanol–water partition coefficient (Wildman–Crippen LogP) is 2.72. The van der Waals surface area contributed by atoms with Crippen LogP contribution in [0.25, 0.3) is 0 Å². The third kappa shape index (κ3) is 4.00. The van der Waals surface area contributed by atoms with E-state index in [1.165, 1.54) is 17.8 Å². The molecule has 0 unspecified atom stereocenters. The molecule has 0 aliphatic carbocycles. The Bertz CT molecular complexity index is 678. The Morgan fingerprint density at radius 1 is 1.17 bits per heavy atom. The van der Waals surface area contributed by atoms with Crippen LogP contribution in [0.1, 0.15) is 43.9 Å². The van der Waals surface area contributed by atoms with Gasteiger partial charge in [0, 0.05) is 31.1 Å². The summed E-state index contributed by atoms with van der Waals surface area (Å²) in [6.45, 7) is 5.05. The SMILES string of the molecule is C[C@H]1CCCN(C(=O)Cc2ccc(S(=O)(=O)N3CCCCC3)s2)C1. The van der Waals surface area contributed by atoms with Gasteiger partial charge in [0.05, 0.1) is 6.42 Å². The highest BCUT2D eigenvalue weighted by molar-refractivity contribution is 7.91. The molecule has 0 bridgehead atoms. The van der Waals surface area contributed by atoms with Crippen LogP contribution in [0.2, 0.25) is 0 Å². The number of carbonyl (C=O) groups is 1. The van der Waals surface area contributed by atoms with Crippen molar-refractivity contribution in [2.45, 2.75) is 49.7 Å². The second-order valence-electron chi connectivity index (χ2n) is 6.95. The molecule has 1 aromatic rings. The van der Waals surface area contributed by atoms with Crippen molar-refractivity contribution in [3.8, 4) is 0 Å². The summed E-state index contributed by atoms with van der Waals surface area (Å²) in [5, 5.41) is 0. The Morgan fingerprint density at radius 3 is 2.62 bits per heavy atom. The fourth-order valence-electron chi connectivity index (χ4n) is 3.50. The van der Waals surface area contributed by atoms with E-state index in [0.717, 1.165) is 43.6 Å². The van der Waals surface area contributed by atoms with Gasteiger partial charge in [0.1, 0.15) is 4.21 Å². The average Bonchev–Trinajstić information content (AvgIpc) is 3.05. The van der Waals surface area contributed by atoms with Gasteiger partial charge in [0.25, 0.3) is 10.0 Å². The number of hydrogen-bond donors (Lipinski definition) is 0. The van der Waals surface area contributed by atoms with Crippen LogP contribution in [-0.4, -0.2) is 49.7 Å². The third-order valence-electron chi connectivity index (χ3n) is 4.88. The zero-order chi connectivity index (χ0) is 17.2. The predicted molar refractivity (Wildman–Crippen MR) is 95.6 cm³/mol. The van der Waals surface area contributed by atoms with Crippen molar-refractivity contribution in [2.75, 3.05) is 26.2 Å². The van der Waals surface area contributed by atoms with E-state index in [1.807, 2.05) is 4.90 Å². The molecule has 2 saturated heterocycles. The van der Waals surface area contributed by atoms with E-state index in [9.17, 15) is 13.2 Å². The van der Waals surface area contributed by atoms with Crippen molar-refractivity contribution < 1.29 is 13.2 Å². The van der Waals surface area contributed by atoms with Crippen molar-refractivity contribution in [1.82, 2.24) is 9.21 Å². The highest BCUT2D eigenvalue weighted by Crippen LogP contribution is 2.28. The molecule has 2 aliphatic rings. The van der Waals surface area contributed by atoms with E-state index < -0.39 is 10.0 Å². The fraction of sp³-hybridized carbons (Fsp3) is 0.706. The van der Waals surface area contributed by atoms with Gasteiger partial charge in [-0.2, -0.15) is 4.31 Å². The lowest BCUT2D eigenvalue weighted by molar-refractivity contribution is -0.132. The molecular formula is C17H26N2O3S2.